The number of nitrogens with two attached hydrogens (primary N) is 1. The van der Waals surface area contributed by atoms with E-state index in [4.69, 9.17) is 10.5 Å². The second-order valence-corrected chi connectivity index (χ2v) is 2.46. The molecule has 1 fully saturated rings. The molecule has 1 heterocycles. The minimum absolute atomic E-state index is 0. The van der Waals surface area contributed by atoms with Crippen LogP contribution >= 0.6 is 0 Å². The van der Waals surface area contributed by atoms with Gasteiger partial charge in [-0.15, -0.1) is 0 Å². The van der Waals surface area contributed by atoms with Crippen LogP contribution in [0.25, 0.3) is 0 Å². The highest BCUT2D eigenvalue weighted by molar-refractivity contribution is 4.43. The quantitative estimate of drug-likeness (QED) is 0.651. The van der Waals surface area contributed by atoms with Gasteiger partial charge in [-0.1, -0.05) is 13.3 Å². The van der Waals surface area contributed by atoms with Gasteiger partial charge in [0.25, 0.3) is 0 Å². The number of ether oxygens (including phenoxy) is 1. The van der Waals surface area contributed by atoms with Crippen molar-refractivity contribution in [2.45, 2.75) is 32.6 Å². The maximum Gasteiger partial charge on any atom is 0.0466 e. The third-order valence-corrected chi connectivity index (χ3v) is 1.39. The Morgan fingerprint density at radius 1 is 1.27 bits per heavy atom. The zero-order valence-corrected chi connectivity index (χ0v) is 7.44. The first-order valence-corrected chi connectivity index (χ1v) is 4.19. The van der Waals surface area contributed by atoms with Gasteiger partial charge in [0.15, 0.2) is 0 Å². The molecule has 0 saturated carbocycles. The third-order valence-electron chi connectivity index (χ3n) is 1.39. The lowest BCUT2D eigenvalue weighted by molar-refractivity contribution is 0.198. The maximum absolute atomic E-state index is 5.14. The fraction of sp³-hybridized carbons (Fsp3) is 1.00. The molecule has 1 aliphatic rings. The Labute approximate surface area is 69.2 Å². The van der Waals surface area contributed by atoms with Gasteiger partial charge in [0.05, 0.1) is 0 Å². The summed E-state index contributed by atoms with van der Waals surface area (Å²) in [5.41, 5.74) is 5.14. The smallest absolute Gasteiger partial charge is 0.0466 e. The van der Waals surface area contributed by atoms with Crippen molar-refractivity contribution in [1.29, 1.82) is 0 Å². The molecule has 70 valence electrons. The van der Waals surface area contributed by atoms with E-state index in [2.05, 4.69) is 6.92 Å². The van der Waals surface area contributed by atoms with E-state index in [0.29, 0.717) is 0 Å². The highest BCUT2D eigenvalue weighted by Crippen LogP contribution is 1.98. The second-order valence-electron chi connectivity index (χ2n) is 2.46. The van der Waals surface area contributed by atoms with Crippen LogP contribution < -0.4 is 5.73 Å². The van der Waals surface area contributed by atoms with Gasteiger partial charge >= 0.3 is 0 Å². The molecule has 4 N–H and O–H groups in total. The van der Waals surface area contributed by atoms with Gasteiger partial charge in [0.2, 0.25) is 0 Å². The van der Waals surface area contributed by atoms with E-state index in [1.54, 1.807) is 0 Å². The molecular weight excluding hydrogens is 142 g/mol. The molecule has 11 heavy (non-hydrogen) atoms. The molecule has 0 radical (unpaired) electrons. The molecule has 3 heteroatoms. The van der Waals surface area contributed by atoms with Crippen molar-refractivity contribution in [3.63, 3.8) is 0 Å². The minimum atomic E-state index is 0. The molecule has 0 bridgehead atoms. The molecule has 1 aliphatic heterocycles. The number of unbranched alkanes of at least 4 members (excludes halogenated alkanes) is 1. The first-order valence-electron chi connectivity index (χ1n) is 4.19. The van der Waals surface area contributed by atoms with Gasteiger partial charge < -0.3 is 15.9 Å². The largest absolute Gasteiger partial charge is 0.412 e. The van der Waals surface area contributed by atoms with Crippen molar-refractivity contribution in [2.24, 2.45) is 5.73 Å². The van der Waals surface area contributed by atoms with Gasteiger partial charge in [-0.05, 0) is 25.8 Å². The minimum Gasteiger partial charge on any atom is -0.412 e. The summed E-state index contributed by atoms with van der Waals surface area (Å²) in [5.74, 6) is 0. The zero-order chi connectivity index (χ0) is 7.66. The van der Waals surface area contributed by atoms with Crippen LogP contribution in [0.1, 0.15) is 32.6 Å². The van der Waals surface area contributed by atoms with E-state index in [1.807, 2.05) is 0 Å². The third kappa shape index (κ3) is 13.0. The van der Waals surface area contributed by atoms with Crippen molar-refractivity contribution < 1.29 is 10.2 Å². The highest BCUT2D eigenvalue weighted by Gasteiger charge is 1.94. The Morgan fingerprint density at radius 3 is 1.91 bits per heavy atom. The van der Waals surface area contributed by atoms with Crippen LogP contribution in [0, 0.1) is 0 Å². The molecule has 0 unspecified atom stereocenters. The average Bonchev–Trinajstić information content (AvgIpc) is 2.44. The summed E-state index contributed by atoms with van der Waals surface area (Å²) in [6.07, 6.45) is 4.94. The number of hydrogen-bond acceptors (Lipinski definition) is 2. The van der Waals surface area contributed by atoms with Crippen molar-refractivity contribution in [1.82, 2.24) is 0 Å². The molecule has 0 atom stereocenters. The Hall–Kier alpha value is -0.120. The zero-order valence-electron chi connectivity index (χ0n) is 7.44. The van der Waals surface area contributed by atoms with Crippen LogP contribution in [0.4, 0.5) is 0 Å². The van der Waals surface area contributed by atoms with Gasteiger partial charge in [-0.2, -0.15) is 0 Å². The SMILES string of the molecule is C1CCOC1.CCCCN.O. The molecule has 0 aromatic rings. The van der Waals surface area contributed by atoms with Gasteiger partial charge in [-0.3, -0.25) is 0 Å². The van der Waals surface area contributed by atoms with Crippen LogP contribution in [-0.4, -0.2) is 25.2 Å². The number of hydrogen-bond donors (Lipinski definition) is 1. The Bertz CT molecular complexity index is 46.4. The lowest BCUT2D eigenvalue weighted by Crippen LogP contribution is -1.95. The van der Waals surface area contributed by atoms with E-state index in [-0.39, 0.29) is 5.48 Å². The predicted octanol–water partition coefficient (Wildman–Crippen LogP) is 0.717. The van der Waals surface area contributed by atoms with Gasteiger partial charge in [0, 0.05) is 13.2 Å². The van der Waals surface area contributed by atoms with Crippen LogP contribution in [0.3, 0.4) is 0 Å². The van der Waals surface area contributed by atoms with Crippen molar-refractivity contribution >= 4 is 0 Å². The van der Waals surface area contributed by atoms with Crippen LogP contribution in [0.15, 0.2) is 0 Å². The van der Waals surface area contributed by atoms with Crippen molar-refractivity contribution in [2.75, 3.05) is 19.8 Å². The molecule has 0 spiro atoms. The van der Waals surface area contributed by atoms with Crippen molar-refractivity contribution in [3.05, 3.63) is 0 Å². The van der Waals surface area contributed by atoms with E-state index >= 15 is 0 Å². The Morgan fingerprint density at radius 2 is 1.82 bits per heavy atom. The van der Waals surface area contributed by atoms with E-state index in [9.17, 15) is 0 Å². The van der Waals surface area contributed by atoms with E-state index in [0.717, 1.165) is 19.8 Å². The lowest BCUT2D eigenvalue weighted by Gasteiger charge is -1.80. The van der Waals surface area contributed by atoms with Crippen LogP contribution in [-0.2, 0) is 4.74 Å². The van der Waals surface area contributed by atoms with Gasteiger partial charge in [-0.25, -0.2) is 0 Å². The van der Waals surface area contributed by atoms with Gasteiger partial charge in [0.1, 0.15) is 0 Å². The second kappa shape index (κ2) is 12.5. The van der Waals surface area contributed by atoms with E-state index < -0.39 is 0 Å². The number of rotatable bonds is 2. The summed E-state index contributed by atoms with van der Waals surface area (Å²) in [5, 5.41) is 0. The summed E-state index contributed by atoms with van der Waals surface area (Å²) in [7, 11) is 0. The summed E-state index contributed by atoms with van der Waals surface area (Å²) >= 11 is 0. The molecular formula is C8H21NO2. The fourth-order valence-corrected chi connectivity index (χ4v) is 0.714. The Kier molecular flexibility index (Phi) is 15.4. The predicted molar refractivity (Wildman–Crippen MR) is 47.6 cm³/mol. The summed E-state index contributed by atoms with van der Waals surface area (Å²) in [6.45, 7) is 4.98. The monoisotopic (exact) mass is 163 g/mol. The molecule has 0 aromatic carbocycles. The highest BCUT2D eigenvalue weighted by atomic mass is 16.5. The van der Waals surface area contributed by atoms with Crippen LogP contribution in [0.5, 0.6) is 0 Å². The van der Waals surface area contributed by atoms with E-state index in [1.165, 1.54) is 25.7 Å². The molecule has 0 aliphatic carbocycles. The lowest BCUT2D eigenvalue weighted by atomic mass is 10.3. The first-order chi connectivity index (χ1) is 4.91. The topological polar surface area (TPSA) is 66.8 Å². The van der Waals surface area contributed by atoms with Crippen molar-refractivity contribution in [3.8, 4) is 0 Å². The fourth-order valence-electron chi connectivity index (χ4n) is 0.714. The molecule has 3 nitrogen and oxygen atoms in total. The maximum atomic E-state index is 5.14. The summed E-state index contributed by atoms with van der Waals surface area (Å²) in [6, 6.07) is 0. The summed E-state index contributed by atoms with van der Waals surface area (Å²) in [4.78, 5) is 0. The molecule has 1 rings (SSSR count). The molecule has 1 saturated heterocycles. The normalized spacial score (nSPS) is 14.7. The Balaban J connectivity index is 0. The molecule has 0 aromatic heterocycles. The van der Waals surface area contributed by atoms with Crippen LogP contribution in [0.2, 0.25) is 0 Å². The summed E-state index contributed by atoms with van der Waals surface area (Å²) < 4.78 is 4.94. The standard InChI is InChI=1S/C4H11N.C4H8O.H2O/c1-2-3-4-5;1-2-4-5-3-1;/h2-5H2,1H3;1-4H2;1H2. The first kappa shape index (κ1) is 13.5. The average molecular weight is 163 g/mol. The molecule has 0 amide bonds.